The fourth-order valence-corrected chi connectivity index (χ4v) is 1.96. The number of phosphoric ester groups is 1. The van der Waals surface area contributed by atoms with E-state index < -0.39 is 44.7 Å². The molecular weight excluding hydrogens is 275 g/mol. The molecule has 0 spiro atoms. The Morgan fingerprint density at radius 2 is 2.06 bits per heavy atom. The molecule has 1 fully saturated rings. The number of esters is 1. The molecule has 1 aliphatic rings. The van der Waals surface area contributed by atoms with Crippen molar-refractivity contribution in [2.24, 2.45) is 0 Å². The van der Waals surface area contributed by atoms with Gasteiger partial charge in [0.05, 0.1) is 6.61 Å². The van der Waals surface area contributed by atoms with Crippen LogP contribution in [-0.2, 0) is 23.4 Å². The van der Waals surface area contributed by atoms with Gasteiger partial charge in [0.2, 0.25) is 6.10 Å². The molecule has 1 rings (SSSR count). The average Bonchev–Trinajstić information content (AvgIpc) is 2.38. The molecule has 106 valence electrons. The van der Waals surface area contributed by atoms with Crippen molar-refractivity contribution in [3.8, 4) is 0 Å². The molecule has 0 radical (unpaired) electrons. The van der Waals surface area contributed by atoms with Crippen LogP contribution in [-0.4, -0.2) is 62.0 Å². The lowest BCUT2D eigenvalue weighted by Gasteiger charge is -2.27. The van der Waals surface area contributed by atoms with E-state index in [1.165, 1.54) is 0 Å². The summed E-state index contributed by atoms with van der Waals surface area (Å²) >= 11 is 0. The Labute approximate surface area is 101 Å². The molecular formula is C7H13O10P. The molecule has 0 aromatic rings. The summed E-state index contributed by atoms with van der Waals surface area (Å²) in [6.07, 6.45) is -5.04. The van der Waals surface area contributed by atoms with Crippen molar-refractivity contribution in [2.75, 3.05) is 6.61 Å². The van der Waals surface area contributed by atoms with Gasteiger partial charge in [-0.3, -0.25) is 4.79 Å². The fraction of sp³-hybridized carbons (Fsp3) is 0.857. The molecule has 18 heavy (non-hydrogen) atoms. The molecule has 0 unspecified atom stereocenters. The van der Waals surface area contributed by atoms with Crippen LogP contribution in [0.5, 0.6) is 0 Å². The highest BCUT2D eigenvalue weighted by Gasteiger charge is 2.60. The van der Waals surface area contributed by atoms with Gasteiger partial charge in [0.25, 0.3) is 0 Å². The minimum atomic E-state index is -5.18. The van der Waals surface area contributed by atoms with Crippen LogP contribution in [0.25, 0.3) is 0 Å². The van der Waals surface area contributed by atoms with Crippen LogP contribution in [0.2, 0.25) is 0 Å². The summed E-state index contributed by atoms with van der Waals surface area (Å²) in [5.41, 5.74) is 0. The van der Waals surface area contributed by atoms with E-state index in [0.717, 1.165) is 6.92 Å². The van der Waals surface area contributed by atoms with E-state index in [1.54, 1.807) is 0 Å². The van der Waals surface area contributed by atoms with E-state index in [1.807, 2.05) is 0 Å². The van der Waals surface area contributed by atoms with Crippen molar-refractivity contribution in [2.45, 2.75) is 31.2 Å². The predicted molar refractivity (Wildman–Crippen MR) is 51.6 cm³/mol. The predicted octanol–water partition coefficient (Wildman–Crippen LogP) is -2.57. The Morgan fingerprint density at radius 1 is 1.50 bits per heavy atom. The second-order valence-electron chi connectivity index (χ2n) is 3.57. The van der Waals surface area contributed by atoms with Gasteiger partial charge >= 0.3 is 19.8 Å². The van der Waals surface area contributed by atoms with Crippen LogP contribution < -0.4 is 0 Å². The Bertz CT molecular complexity index is 365. The van der Waals surface area contributed by atoms with Crippen molar-refractivity contribution < 1.29 is 48.5 Å². The highest BCUT2D eigenvalue weighted by molar-refractivity contribution is 7.46. The zero-order valence-corrected chi connectivity index (χ0v) is 10.1. The molecule has 0 amide bonds. The van der Waals surface area contributed by atoms with Crippen molar-refractivity contribution in [1.29, 1.82) is 0 Å². The van der Waals surface area contributed by atoms with Crippen LogP contribution in [0.15, 0.2) is 0 Å². The van der Waals surface area contributed by atoms with Crippen molar-refractivity contribution >= 4 is 13.8 Å². The fourth-order valence-electron chi connectivity index (χ4n) is 1.48. The SMILES string of the molecule is CC(=O)O[C@@H]1[C@H](O)[C@@H](CO)O[C@]1(O)OP(=O)(O)O. The highest BCUT2D eigenvalue weighted by atomic mass is 31.2. The first kappa shape index (κ1) is 15.5. The van der Waals surface area contributed by atoms with Gasteiger partial charge in [0.1, 0.15) is 12.2 Å². The Balaban J connectivity index is 2.98. The maximum Gasteiger partial charge on any atom is 0.474 e. The van der Waals surface area contributed by atoms with E-state index >= 15 is 0 Å². The van der Waals surface area contributed by atoms with Gasteiger partial charge in [-0.15, -0.1) is 0 Å². The van der Waals surface area contributed by atoms with Crippen LogP contribution in [0, 0.1) is 0 Å². The zero-order valence-electron chi connectivity index (χ0n) is 9.16. The summed E-state index contributed by atoms with van der Waals surface area (Å²) in [4.78, 5) is 28.0. The summed E-state index contributed by atoms with van der Waals surface area (Å²) in [5, 5.41) is 28.1. The Hall–Kier alpha value is -0.580. The number of carbonyl (C=O) groups is 1. The van der Waals surface area contributed by atoms with E-state index in [4.69, 9.17) is 14.9 Å². The number of aliphatic hydroxyl groups is 3. The lowest BCUT2D eigenvalue weighted by Crippen LogP contribution is -2.47. The Kier molecular flexibility index (Phi) is 4.47. The third-order valence-electron chi connectivity index (χ3n) is 2.09. The minimum absolute atomic E-state index is 0.786. The van der Waals surface area contributed by atoms with Gasteiger partial charge < -0.3 is 34.6 Å². The van der Waals surface area contributed by atoms with Crippen LogP contribution in [0.1, 0.15) is 6.92 Å². The molecule has 1 saturated heterocycles. The van der Waals surface area contributed by atoms with Gasteiger partial charge in [-0.2, -0.15) is 0 Å². The smallest absolute Gasteiger partial charge is 0.451 e. The van der Waals surface area contributed by atoms with E-state index in [2.05, 4.69) is 14.0 Å². The second-order valence-corrected chi connectivity index (χ2v) is 4.74. The summed E-state index contributed by atoms with van der Waals surface area (Å²) in [5.74, 6) is -3.99. The first-order chi connectivity index (χ1) is 8.09. The van der Waals surface area contributed by atoms with Crippen LogP contribution in [0.3, 0.4) is 0 Å². The Morgan fingerprint density at radius 3 is 2.44 bits per heavy atom. The number of carbonyl (C=O) groups excluding carboxylic acids is 1. The van der Waals surface area contributed by atoms with Gasteiger partial charge in [0, 0.05) is 6.92 Å². The molecule has 1 heterocycles. The standard InChI is InChI=1S/C7H13O10P/c1-3(9)15-6-5(10)4(2-8)16-7(6,11)17-18(12,13)14/h4-6,8,10-11H,2H2,1H3,(H2,12,13,14)/t4-,5-,6-,7+/m1/s1. The normalized spacial score (nSPS) is 36.7. The third-order valence-corrected chi connectivity index (χ3v) is 2.59. The van der Waals surface area contributed by atoms with Gasteiger partial charge in [-0.05, 0) is 0 Å². The summed E-state index contributed by atoms with van der Waals surface area (Å²) in [6, 6.07) is 0. The van der Waals surface area contributed by atoms with Crippen molar-refractivity contribution in [1.82, 2.24) is 0 Å². The summed E-state index contributed by atoms with van der Waals surface area (Å²) in [6.45, 7) is 0.155. The minimum Gasteiger partial charge on any atom is -0.451 e. The monoisotopic (exact) mass is 288 g/mol. The van der Waals surface area contributed by atoms with Crippen LogP contribution >= 0.6 is 7.82 Å². The molecule has 4 atom stereocenters. The molecule has 11 heteroatoms. The lowest BCUT2D eigenvalue weighted by molar-refractivity contribution is -0.344. The molecule has 1 aliphatic heterocycles. The second kappa shape index (κ2) is 5.19. The summed E-state index contributed by atoms with van der Waals surface area (Å²) < 4.78 is 23.7. The first-order valence-corrected chi connectivity index (χ1v) is 6.24. The zero-order chi connectivity index (χ0) is 14.1. The number of rotatable bonds is 4. The first-order valence-electron chi connectivity index (χ1n) is 4.71. The lowest BCUT2D eigenvalue weighted by atomic mass is 10.1. The molecule has 0 saturated carbocycles. The quantitative estimate of drug-likeness (QED) is 0.211. The molecule has 0 aliphatic carbocycles. The number of aliphatic hydroxyl groups excluding tert-OH is 2. The van der Waals surface area contributed by atoms with Crippen molar-refractivity contribution in [3.63, 3.8) is 0 Å². The topological polar surface area (TPSA) is 163 Å². The number of hydrogen-bond acceptors (Lipinski definition) is 8. The molecule has 10 nitrogen and oxygen atoms in total. The maximum absolute atomic E-state index is 10.8. The largest absolute Gasteiger partial charge is 0.474 e. The molecule has 0 bridgehead atoms. The van der Waals surface area contributed by atoms with Gasteiger partial charge in [0.15, 0.2) is 0 Å². The molecule has 0 aromatic carbocycles. The van der Waals surface area contributed by atoms with Gasteiger partial charge in [-0.1, -0.05) is 0 Å². The maximum atomic E-state index is 10.8. The summed E-state index contributed by atoms with van der Waals surface area (Å²) in [7, 11) is -5.18. The average molecular weight is 288 g/mol. The van der Waals surface area contributed by atoms with E-state index in [-0.39, 0.29) is 0 Å². The number of ether oxygens (including phenoxy) is 2. The highest BCUT2D eigenvalue weighted by Crippen LogP contribution is 2.46. The van der Waals surface area contributed by atoms with Gasteiger partial charge in [-0.25, -0.2) is 9.09 Å². The van der Waals surface area contributed by atoms with Crippen molar-refractivity contribution in [3.05, 3.63) is 0 Å². The molecule has 5 N–H and O–H groups in total. The van der Waals surface area contributed by atoms with E-state index in [0.29, 0.717) is 0 Å². The number of phosphoric acid groups is 1. The van der Waals surface area contributed by atoms with E-state index in [9.17, 15) is 19.6 Å². The molecule has 0 aromatic heterocycles. The van der Waals surface area contributed by atoms with Crippen LogP contribution in [0.4, 0.5) is 0 Å². The number of hydrogen-bond donors (Lipinski definition) is 5. The third kappa shape index (κ3) is 3.46.